The molecule has 2 atom stereocenters. The van der Waals surface area contributed by atoms with E-state index in [0.717, 1.165) is 26.0 Å². The number of allylic oxidation sites excluding steroid dienone is 1. The van der Waals surface area contributed by atoms with Gasteiger partial charge in [-0.2, -0.15) is 0 Å². The topological polar surface area (TPSA) is 21.3 Å². The van der Waals surface area contributed by atoms with Crippen molar-refractivity contribution in [1.82, 2.24) is 5.32 Å². The van der Waals surface area contributed by atoms with Crippen LogP contribution < -0.4 is 5.32 Å². The van der Waals surface area contributed by atoms with Gasteiger partial charge in [-0.25, -0.2) is 0 Å². The predicted octanol–water partition coefficient (Wildman–Crippen LogP) is 1.72. The SMILES string of the molecule is C/C=C/CNC1CCOC(C)C1. The first kappa shape index (κ1) is 9.75. The summed E-state index contributed by atoms with van der Waals surface area (Å²) in [5.74, 6) is 0. The van der Waals surface area contributed by atoms with Crippen LogP contribution in [0.25, 0.3) is 0 Å². The molecule has 0 bridgehead atoms. The smallest absolute Gasteiger partial charge is 0.0561 e. The fourth-order valence-corrected chi connectivity index (χ4v) is 1.54. The number of nitrogens with one attached hydrogen (secondary N) is 1. The lowest BCUT2D eigenvalue weighted by molar-refractivity contribution is 0.0140. The molecular weight excluding hydrogens is 150 g/mol. The van der Waals surface area contributed by atoms with E-state index >= 15 is 0 Å². The molecule has 0 radical (unpaired) electrons. The average Bonchev–Trinajstić information content (AvgIpc) is 2.05. The average molecular weight is 169 g/mol. The highest BCUT2D eigenvalue weighted by molar-refractivity contribution is 4.83. The van der Waals surface area contributed by atoms with Gasteiger partial charge in [0.1, 0.15) is 0 Å². The van der Waals surface area contributed by atoms with Gasteiger partial charge < -0.3 is 10.1 Å². The van der Waals surface area contributed by atoms with Crippen molar-refractivity contribution in [2.24, 2.45) is 0 Å². The predicted molar refractivity (Wildman–Crippen MR) is 51.3 cm³/mol. The maximum absolute atomic E-state index is 5.46. The largest absolute Gasteiger partial charge is 0.378 e. The molecule has 0 amide bonds. The molecule has 0 aromatic heterocycles. The fourth-order valence-electron chi connectivity index (χ4n) is 1.54. The monoisotopic (exact) mass is 169 g/mol. The molecule has 1 fully saturated rings. The molecule has 12 heavy (non-hydrogen) atoms. The van der Waals surface area contributed by atoms with Crippen molar-refractivity contribution in [2.45, 2.75) is 38.8 Å². The van der Waals surface area contributed by atoms with Gasteiger partial charge in [0.05, 0.1) is 6.10 Å². The van der Waals surface area contributed by atoms with Gasteiger partial charge in [0.2, 0.25) is 0 Å². The Hall–Kier alpha value is -0.340. The highest BCUT2D eigenvalue weighted by Gasteiger charge is 2.17. The lowest BCUT2D eigenvalue weighted by atomic mass is 10.0. The molecule has 1 heterocycles. The zero-order chi connectivity index (χ0) is 8.81. The van der Waals surface area contributed by atoms with Crippen molar-refractivity contribution in [1.29, 1.82) is 0 Å². The Morgan fingerprint density at radius 1 is 1.58 bits per heavy atom. The van der Waals surface area contributed by atoms with Crippen LogP contribution in [-0.2, 0) is 4.74 Å². The van der Waals surface area contributed by atoms with Gasteiger partial charge in [-0.1, -0.05) is 12.2 Å². The van der Waals surface area contributed by atoms with Crippen LogP contribution in [0.1, 0.15) is 26.7 Å². The van der Waals surface area contributed by atoms with Gasteiger partial charge in [-0.3, -0.25) is 0 Å². The normalized spacial score (nSPS) is 31.2. The summed E-state index contributed by atoms with van der Waals surface area (Å²) in [6.07, 6.45) is 6.97. The third kappa shape index (κ3) is 3.37. The molecule has 0 spiro atoms. The van der Waals surface area contributed by atoms with Crippen molar-refractivity contribution >= 4 is 0 Å². The number of rotatable bonds is 3. The Balaban J connectivity index is 2.14. The first-order valence-corrected chi connectivity index (χ1v) is 4.79. The molecule has 1 N–H and O–H groups in total. The van der Waals surface area contributed by atoms with Crippen molar-refractivity contribution in [3.63, 3.8) is 0 Å². The quantitative estimate of drug-likeness (QED) is 0.649. The van der Waals surface area contributed by atoms with E-state index < -0.39 is 0 Å². The van der Waals surface area contributed by atoms with Crippen LogP contribution in [0.2, 0.25) is 0 Å². The highest BCUT2D eigenvalue weighted by atomic mass is 16.5. The van der Waals surface area contributed by atoms with Gasteiger partial charge in [0, 0.05) is 19.2 Å². The standard InChI is InChI=1S/C10H19NO/c1-3-4-6-11-10-5-7-12-9(2)8-10/h3-4,9-11H,5-8H2,1-2H3/b4-3+. The van der Waals surface area contributed by atoms with Crippen LogP contribution in [-0.4, -0.2) is 25.3 Å². The van der Waals surface area contributed by atoms with E-state index in [1.165, 1.54) is 0 Å². The molecule has 2 heteroatoms. The van der Waals surface area contributed by atoms with Crippen LogP contribution >= 0.6 is 0 Å². The second-order valence-corrected chi connectivity index (χ2v) is 3.38. The van der Waals surface area contributed by atoms with Gasteiger partial charge in [-0.15, -0.1) is 0 Å². The summed E-state index contributed by atoms with van der Waals surface area (Å²) in [4.78, 5) is 0. The third-order valence-corrected chi connectivity index (χ3v) is 2.25. The lowest BCUT2D eigenvalue weighted by Crippen LogP contribution is -2.37. The maximum atomic E-state index is 5.46. The Kier molecular flexibility index (Phi) is 4.33. The van der Waals surface area contributed by atoms with Crippen LogP contribution in [0.3, 0.4) is 0 Å². The first-order chi connectivity index (χ1) is 5.83. The Morgan fingerprint density at radius 2 is 2.42 bits per heavy atom. The third-order valence-electron chi connectivity index (χ3n) is 2.25. The van der Waals surface area contributed by atoms with E-state index in [-0.39, 0.29) is 0 Å². The molecule has 2 nitrogen and oxygen atoms in total. The molecule has 1 saturated heterocycles. The summed E-state index contributed by atoms with van der Waals surface area (Å²) in [7, 11) is 0. The minimum Gasteiger partial charge on any atom is -0.378 e. The summed E-state index contributed by atoms with van der Waals surface area (Å²) in [6, 6.07) is 0.657. The molecule has 1 rings (SSSR count). The number of hydrogen-bond acceptors (Lipinski definition) is 2. The second kappa shape index (κ2) is 5.33. The van der Waals surface area contributed by atoms with Crippen molar-refractivity contribution in [2.75, 3.05) is 13.2 Å². The highest BCUT2D eigenvalue weighted by Crippen LogP contribution is 2.12. The molecule has 0 saturated carbocycles. The van der Waals surface area contributed by atoms with E-state index in [0.29, 0.717) is 12.1 Å². The lowest BCUT2D eigenvalue weighted by Gasteiger charge is -2.27. The van der Waals surface area contributed by atoms with Gasteiger partial charge in [-0.05, 0) is 26.7 Å². The Labute approximate surface area is 75.0 Å². The Morgan fingerprint density at radius 3 is 3.08 bits per heavy atom. The van der Waals surface area contributed by atoms with Crippen LogP contribution in [0, 0.1) is 0 Å². The van der Waals surface area contributed by atoms with Crippen LogP contribution in [0.4, 0.5) is 0 Å². The molecule has 1 aliphatic heterocycles. The maximum Gasteiger partial charge on any atom is 0.0561 e. The summed E-state index contributed by atoms with van der Waals surface area (Å²) < 4.78 is 5.46. The van der Waals surface area contributed by atoms with Crippen LogP contribution in [0.15, 0.2) is 12.2 Å². The van der Waals surface area contributed by atoms with E-state index in [4.69, 9.17) is 4.74 Å². The second-order valence-electron chi connectivity index (χ2n) is 3.38. The van der Waals surface area contributed by atoms with E-state index in [1.807, 2.05) is 6.92 Å². The van der Waals surface area contributed by atoms with Crippen molar-refractivity contribution in [3.8, 4) is 0 Å². The molecule has 0 aromatic carbocycles. The number of ether oxygens (including phenoxy) is 1. The van der Waals surface area contributed by atoms with Crippen molar-refractivity contribution < 1.29 is 4.74 Å². The van der Waals surface area contributed by atoms with Gasteiger partial charge >= 0.3 is 0 Å². The van der Waals surface area contributed by atoms with E-state index in [9.17, 15) is 0 Å². The van der Waals surface area contributed by atoms with Gasteiger partial charge in [0.25, 0.3) is 0 Å². The first-order valence-electron chi connectivity index (χ1n) is 4.79. The van der Waals surface area contributed by atoms with Gasteiger partial charge in [0.15, 0.2) is 0 Å². The number of hydrogen-bond donors (Lipinski definition) is 1. The van der Waals surface area contributed by atoms with Crippen LogP contribution in [0.5, 0.6) is 0 Å². The summed E-state index contributed by atoms with van der Waals surface area (Å²) in [5.41, 5.74) is 0. The van der Waals surface area contributed by atoms with E-state index in [1.54, 1.807) is 0 Å². The summed E-state index contributed by atoms with van der Waals surface area (Å²) in [6.45, 7) is 6.10. The van der Waals surface area contributed by atoms with E-state index in [2.05, 4.69) is 24.4 Å². The molecule has 0 aromatic rings. The summed E-state index contributed by atoms with van der Waals surface area (Å²) in [5, 5.41) is 3.49. The van der Waals surface area contributed by atoms with Crippen molar-refractivity contribution in [3.05, 3.63) is 12.2 Å². The fraction of sp³-hybridized carbons (Fsp3) is 0.800. The Bertz CT molecular complexity index is 145. The zero-order valence-corrected chi connectivity index (χ0v) is 8.05. The molecule has 0 aliphatic carbocycles. The molecule has 2 unspecified atom stereocenters. The zero-order valence-electron chi connectivity index (χ0n) is 8.05. The summed E-state index contributed by atoms with van der Waals surface area (Å²) >= 11 is 0. The minimum atomic E-state index is 0.432. The minimum absolute atomic E-state index is 0.432. The molecule has 1 aliphatic rings. The molecule has 70 valence electrons. The molecular formula is C10H19NO.